The summed E-state index contributed by atoms with van der Waals surface area (Å²) in [6, 6.07) is 8.05. The summed E-state index contributed by atoms with van der Waals surface area (Å²) < 4.78 is 0. The molecule has 1 fully saturated rings. The summed E-state index contributed by atoms with van der Waals surface area (Å²) in [5, 5.41) is 6.37. The number of amides is 1. The average Bonchev–Trinajstić information content (AvgIpc) is 2.46. The minimum absolute atomic E-state index is 0.108. The maximum Gasteiger partial charge on any atom is 0.225 e. The molecule has 1 aromatic rings. The molecule has 0 radical (unpaired) electrons. The number of hydrogen-bond donors (Lipinski definition) is 2. The van der Waals surface area contributed by atoms with Crippen molar-refractivity contribution >= 4 is 11.6 Å². The smallest absolute Gasteiger partial charge is 0.225 e. The quantitative estimate of drug-likeness (QED) is 0.864. The Bertz CT molecular complexity index is 439. The Morgan fingerprint density at radius 2 is 2.00 bits per heavy atom. The molecule has 1 aliphatic heterocycles. The third-order valence-electron chi connectivity index (χ3n) is 3.72. The standard InChI is InChI=1S/C16H25N3O/c1-13(2)14-5-3-4-6-15(14)18-16(20)7-10-19-11-8-17-9-12-19/h3-6,13,17H,7-12H2,1-2H3,(H,18,20). The van der Waals surface area contributed by atoms with E-state index in [1.165, 1.54) is 5.56 Å². The van der Waals surface area contributed by atoms with E-state index in [1.807, 2.05) is 18.2 Å². The van der Waals surface area contributed by atoms with Crippen LogP contribution in [0.15, 0.2) is 24.3 Å². The SMILES string of the molecule is CC(C)c1ccccc1NC(=O)CCN1CCNCC1. The molecule has 0 aromatic heterocycles. The van der Waals surface area contributed by atoms with Crippen molar-refractivity contribution < 1.29 is 4.79 Å². The Balaban J connectivity index is 1.85. The van der Waals surface area contributed by atoms with Gasteiger partial charge < -0.3 is 15.5 Å². The fourth-order valence-electron chi connectivity index (χ4n) is 2.52. The topological polar surface area (TPSA) is 44.4 Å². The summed E-state index contributed by atoms with van der Waals surface area (Å²) in [7, 11) is 0. The number of hydrogen-bond acceptors (Lipinski definition) is 3. The van der Waals surface area contributed by atoms with Gasteiger partial charge in [0, 0.05) is 44.8 Å². The molecule has 2 rings (SSSR count). The molecule has 1 aliphatic rings. The van der Waals surface area contributed by atoms with Crippen LogP contribution in [-0.2, 0) is 4.79 Å². The molecule has 1 heterocycles. The molecule has 1 saturated heterocycles. The number of rotatable bonds is 5. The lowest BCUT2D eigenvalue weighted by Gasteiger charge is -2.26. The van der Waals surface area contributed by atoms with Crippen molar-refractivity contribution in [2.24, 2.45) is 0 Å². The Morgan fingerprint density at radius 3 is 2.70 bits per heavy atom. The second-order valence-electron chi connectivity index (χ2n) is 5.63. The summed E-state index contributed by atoms with van der Waals surface area (Å²) in [6.45, 7) is 9.26. The molecule has 0 unspecified atom stereocenters. The van der Waals surface area contributed by atoms with Gasteiger partial charge in [-0.1, -0.05) is 32.0 Å². The van der Waals surface area contributed by atoms with E-state index in [0.717, 1.165) is 38.4 Å². The molecule has 0 bridgehead atoms. The lowest BCUT2D eigenvalue weighted by atomic mass is 10.0. The Morgan fingerprint density at radius 1 is 1.30 bits per heavy atom. The molecule has 4 nitrogen and oxygen atoms in total. The monoisotopic (exact) mass is 275 g/mol. The van der Waals surface area contributed by atoms with Crippen LogP contribution in [0.4, 0.5) is 5.69 Å². The number of carbonyl (C=O) groups is 1. The van der Waals surface area contributed by atoms with Gasteiger partial charge in [-0.05, 0) is 17.5 Å². The Hall–Kier alpha value is -1.39. The normalized spacial score (nSPS) is 16.4. The third kappa shape index (κ3) is 4.32. The van der Waals surface area contributed by atoms with Crippen LogP contribution >= 0.6 is 0 Å². The van der Waals surface area contributed by atoms with E-state index in [-0.39, 0.29) is 5.91 Å². The van der Waals surface area contributed by atoms with Crippen LogP contribution in [-0.4, -0.2) is 43.5 Å². The molecule has 4 heteroatoms. The van der Waals surface area contributed by atoms with Gasteiger partial charge in [0.15, 0.2) is 0 Å². The molecule has 0 aliphatic carbocycles. The van der Waals surface area contributed by atoms with Crippen molar-refractivity contribution in [2.75, 3.05) is 38.0 Å². The zero-order valence-corrected chi connectivity index (χ0v) is 12.5. The fourth-order valence-corrected chi connectivity index (χ4v) is 2.52. The average molecular weight is 275 g/mol. The van der Waals surface area contributed by atoms with Gasteiger partial charge in [-0.2, -0.15) is 0 Å². The van der Waals surface area contributed by atoms with Crippen molar-refractivity contribution in [1.29, 1.82) is 0 Å². The summed E-state index contributed by atoms with van der Waals surface area (Å²) in [6.07, 6.45) is 0.562. The van der Waals surface area contributed by atoms with Gasteiger partial charge in [0.2, 0.25) is 5.91 Å². The van der Waals surface area contributed by atoms with Crippen molar-refractivity contribution in [1.82, 2.24) is 10.2 Å². The summed E-state index contributed by atoms with van der Waals surface area (Å²) in [5.41, 5.74) is 2.15. The first-order chi connectivity index (χ1) is 9.66. The maximum atomic E-state index is 12.1. The van der Waals surface area contributed by atoms with Crippen molar-refractivity contribution in [3.8, 4) is 0 Å². The largest absolute Gasteiger partial charge is 0.326 e. The minimum atomic E-state index is 0.108. The number of carbonyl (C=O) groups excluding carboxylic acids is 1. The van der Waals surface area contributed by atoms with Crippen LogP contribution in [0.5, 0.6) is 0 Å². The van der Waals surface area contributed by atoms with Crippen molar-refractivity contribution in [3.63, 3.8) is 0 Å². The summed E-state index contributed by atoms with van der Waals surface area (Å²) in [5.74, 6) is 0.524. The lowest BCUT2D eigenvalue weighted by molar-refractivity contribution is -0.116. The summed E-state index contributed by atoms with van der Waals surface area (Å²) >= 11 is 0. The maximum absolute atomic E-state index is 12.1. The van der Waals surface area contributed by atoms with Gasteiger partial charge in [-0.15, -0.1) is 0 Å². The molecule has 1 amide bonds. The van der Waals surface area contributed by atoms with Crippen LogP contribution in [0.3, 0.4) is 0 Å². The highest BCUT2D eigenvalue weighted by Gasteiger charge is 2.13. The number of nitrogens with zero attached hydrogens (tertiary/aromatic N) is 1. The zero-order chi connectivity index (χ0) is 14.4. The number of nitrogens with one attached hydrogen (secondary N) is 2. The highest BCUT2D eigenvalue weighted by molar-refractivity contribution is 5.91. The molecule has 1 aromatic carbocycles. The highest BCUT2D eigenvalue weighted by atomic mass is 16.1. The first kappa shape index (κ1) is 15.0. The van der Waals surface area contributed by atoms with Crippen molar-refractivity contribution in [3.05, 3.63) is 29.8 Å². The Kier molecular flexibility index (Phi) is 5.56. The highest BCUT2D eigenvalue weighted by Crippen LogP contribution is 2.23. The number of piperazine rings is 1. The molecule has 110 valence electrons. The molecule has 0 atom stereocenters. The van der Waals surface area contributed by atoms with Crippen LogP contribution < -0.4 is 10.6 Å². The predicted octanol–water partition coefficient (Wildman–Crippen LogP) is 2.04. The van der Waals surface area contributed by atoms with E-state index in [1.54, 1.807) is 0 Å². The van der Waals surface area contributed by atoms with Gasteiger partial charge in [-0.25, -0.2) is 0 Å². The zero-order valence-electron chi connectivity index (χ0n) is 12.5. The second kappa shape index (κ2) is 7.41. The number of anilines is 1. The number of benzene rings is 1. The van der Waals surface area contributed by atoms with Crippen molar-refractivity contribution in [2.45, 2.75) is 26.2 Å². The van der Waals surface area contributed by atoms with E-state index in [4.69, 9.17) is 0 Å². The fraction of sp³-hybridized carbons (Fsp3) is 0.562. The molecule has 20 heavy (non-hydrogen) atoms. The molecule has 0 saturated carbocycles. The van der Waals surface area contributed by atoms with Gasteiger partial charge in [0.1, 0.15) is 0 Å². The van der Waals surface area contributed by atoms with E-state index >= 15 is 0 Å². The van der Waals surface area contributed by atoms with Gasteiger partial charge in [0.05, 0.1) is 0 Å². The first-order valence-electron chi connectivity index (χ1n) is 7.48. The van der Waals surface area contributed by atoms with E-state index < -0.39 is 0 Å². The van der Waals surface area contributed by atoms with Gasteiger partial charge in [-0.3, -0.25) is 4.79 Å². The third-order valence-corrected chi connectivity index (χ3v) is 3.72. The van der Waals surface area contributed by atoms with Crippen LogP contribution in [0, 0.1) is 0 Å². The molecular formula is C16H25N3O. The predicted molar refractivity (Wildman–Crippen MR) is 83.1 cm³/mol. The van der Waals surface area contributed by atoms with Gasteiger partial charge in [0.25, 0.3) is 0 Å². The van der Waals surface area contributed by atoms with Crippen LogP contribution in [0.25, 0.3) is 0 Å². The van der Waals surface area contributed by atoms with Crippen LogP contribution in [0.1, 0.15) is 31.7 Å². The van der Waals surface area contributed by atoms with E-state index in [2.05, 4.69) is 35.4 Å². The molecule has 0 spiro atoms. The Labute approximate surface area is 121 Å². The second-order valence-corrected chi connectivity index (χ2v) is 5.63. The van der Waals surface area contributed by atoms with E-state index in [0.29, 0.717) is 12.3 Å². The first-order valence-corrected chi connectivity index (χ1v) is 7.48. The summed E-state index contributed by atoms with van der Waals surface area (Å²) in [4.78, 5) is 14.4. The minimum Gasteiger partial charge on any atom is -0.326 e. The molecular weight excluding hydrogens is 250 g/mol. The molecule has 2 N–H and O–H groups in total. The van der Waals surface area contributed by atoms with Gasteiger partial charge >= 0.3 is 0 Å². The number of para-hydroxylation sites is 1. The van der Waals surface area contributed by atoms with Crippen LogP contribution in [0.2, 0.25) is 0 Å². The van der Waals surface area contributed by atoms with E-state index in [9.17, 15) is 4.79 Å². The lowest BCUT2D eigenvalue weighted by Crippen LogP contribution is -2.44.